The maximum absolute atomic E-state index is 11.5. The minimum absolute atomic E-state index is 0.106. The Balaban J connectivity index is 1.43. The van der Waals surface area contributed by atoms with E-state index in [0.717, 1.165) is 26.4 Å². The Morgan fingerprint density at radius 2 is 1.83 bits per heavy atom. The van der Waals surface area contributed by atoms with Crippen LogP contribution in [0.5, 0.6) is 0 Å². The van der Waals surface area contributed by atoms with Crippen molar-refractivity contribution in [2.75, 3.05) is 0 Å². The molecule has 9 nitrogen and oxygen atoms in total. The first-order chi connectivity index (χ1) is 14.4. The van der Waals surface area contributed by atoms with E-state index < -0.39 is 16.1 Å². The van der Waals surface area contributed by atoms with Crippen molar-refractivity contribution in [1.82, 2.24) is 19.9 Å². The van der Waals surface area contributed by atoms with Gasteiger partial charge in [-0.1, -0.05) is 36.4 Å². The summed E-state index contributed by atoms with van der Waals surface area (Å²) < 4.78 is 29.9. The highest BCUT2D eigenvalue weighted by molar-refractivity contribution is 7.87. The van der Waals surface area contributed by atoms with Crippen molar-refractivity contribution in [3.8, 4) is 11.1 Å². The molecule has 0 saturated heterocycles. The first kappa shape index (κ1) is 20.1. The molecule has 0 unspecified atom stereocenters. The minimum atomic E-state index is -4.07. The van der Waals surface area contributed by atoms with E-state index in [1.807, 2.05) is 30.3 Å². The van der Waals surface area contributed by atoms with Crippen molar-refractivity contribution < 1.29 is 17.6 Å². The Hall–Kier alpha value is -3.15. The van der Waals surface area contributed by atoms with Gasteiger partial charge in [-0.3, -0.25) is 4.79 Å². The Bertz CT molecular complexity index is 1300. The number of amides is 1. The van der Waals surface area contributed by atoms with Crippen LogP contribution in [0.3, 0.4) is 0 Å². The van der Waals surface area contributed by atoms with Gasteiger partial charge in [0.1, 0.15) is 5.01 Å². The summed E-state index contributed by atoms with van der Waals surface area (Å²) in [7, 11) is -4.07. The van der Waals surface area contributed by atoms with Crippen LogP contribution >= 0.6 is 11.3 Å². The lowest BCUT2D eigenvalue weighted by Gasteiger charge is -2.00. The van der Waals surface area contributed by atoms with Gasteiger partial charge in [-0.05, 0) is 23.3 Å². The van der Waals surface area contributed by atoms with Crippen LogP contribution in [-0.4, -0.2) is 29.5 Å². The van der Waals surface area contributed by atoms with Crippen LogP contribution in [-0.2, 0) is 27.8 Å². The number of rotatable bonds is 7. The smallest absolute Gasteiger partial charge is 0.298 e. The normalized spacial score (nSPS) is 11.6. The number of aryl methyl sites for hydroxylation is 1. The van der Waals surface area contributed by atoms with Crippen molar-refractivity contribution in [2.24, 2.45) is 5.14 Å². The highest BCUT2D eigenvalue weighted by Gasteiger charge is 2.14. The van der Waals surface area contributed by atoms with E-state index in [-0.39, 0.29) is 18.7 Å². The molecule has 0 bridgehead atoms. The van der Waals surface area contributed by atoms with Crippen LogP contribution in [0.25, 0.3) is 21.3 Å². The number of hydrogen-bond donors (Lipinski definition) is 2. The van der Waals surface area contributed by atoms with Gasteiger partial charge < -0.3 is 4.42 Å². The van der Waals surface area contributed by atoms with Crippen molar-refractivity contribution >= 4 is 37.7 Å². The number of aromatic nitrogens is 3. The van der Waals surface area contributed by atoms with E-state index in [1.165, 1.54) is 0 Å². The molecule has 1 amide bonds. The van der Waals surface area contributed by atoms with Gasteiger partial charge in [0.25, 0.3) is 10.2 Å². The second-order valence-corrected chi connectivity index (χ2v) is 8.90. The molecule has 0 aliphatic carbocycles. The number of benzene rings is 2. The zero-order valence-electron chi connectivity index (χ0n) is 15.6. The predicted octanol–water partition coefficient (Wildman–Crippen LogP) is 2.19. The number of hydrogen-bond acceptors (Lipinski definition) is 8. The molecule has 2 aromatic heterocycles. The summed E-state index contributed by atoms with van der Waals surface area (Å²) in [5.74, 6) is -0.126. The lowest BCUT2D eigenvalue weighted by Crippen LogP contribution is -2.36. The van der Waals surface area contributed by atoms with Crippen molar-refractivity contribution in [2.45, 2.75) is 19.3 Å². The van der Waals surface area contributed by atoms with E-state index in [0.29, 0.717) is 12.3 Å². The summed E-state index contributed by atoms with van der Waals surface area (Å²) in [6, 6.07) is 16.2. The van der Waals surface area contributed by atoms with Crippen molar-refractivity contribution in [3.05, 3.63) is 65.3 Å². The molecular weight excluding hydrogens is 426 g/mol. The van der Waals surface area contributed by atoms with Gasteiger partial charge in [-0.15, -0.1) is 21.5 Å². The molecule has 0 fully saturated rings. The molecule has 0 radical (unpaired) electrons. The summed E-state index contributed by atoms with van der Waals surface area (Å²) in [6.45, 7) is 0. The SMILES string of the molecule is NS(=O)(=O)NC(=O)CCc1nnc(Cc2nc3ccc(-c4ccccc4)cc3s2)o1. The quantitative estimate of drug-likeness (QED) is 0.446. The van der Waals surface area contributed by atoms with Crippen LogP contribution < -0.4 is 9.86 Å². The third-order valence-corrected chi connectivity index (χ3v) is 5.70. The number of nitrogens with one attached hydrogen (secondary N) is 1. The fourth-order valence-corrected chi connectivity index (χ4v) is 4.30. The molecule has 154 valence electrons. The molecular formula is C19H17N5O4S2. The van der Waals surface area contributed by atoms with Crippen LogP contribution in [0.15, 0.2) is 52.9 Å². The van der Waals surface area contributed by atoms with E-state index >= 15 is 0 Å². The second kappa shape index (κ2) is 8.30. The van der Waals surface area contributed by atoms with Gasteiger partial charge in [0.05, 0.1) is 16.6 Å². The number of nitrogens with two attached hydrogens (primary N) is 1. The van der Waals surface area contributed by atoms with Crippen LogP contribution in [0.4, 0.5) is 0 Å². The van der Waals surface area contributed by atoms with Gasteiger partial charge in [-0.2, -0.15) is 8.42 Å². The van der Waals surface area contributed by atoms with Crippen molar-refractivity contribution in [1.29, 1.82) is 0 Å². The Morgan fingerprint density at radius 1 is 1.07 bits per heavy atom. The number of carbonyl (C=O) groups excluding carboxylic acids is 1. The third kappa shape index (κ3) is 5.06. The number of carbonyl (C=O) groups is 1. The second-order valence-electron chi connectivity index (χ2n) is 6.49. The van der Waals surface area contributed by atoms with Gasteiger partial charge in [-0.25, -0.2) is 14.8 Å². The van der Waals surface area contributed by atoms with Gasteiger partial charge in [0.2, 0.25) is 17.7 Å². The average molecular weight is 444 g/mol. The monoisotopic (exact) mass is 443 g/mol. The number of fused-ring (bicyclic) bond motifs is 1. The maximum Gasteiger partial charge on any atom is 0.298 e. The predicted molar refractivity (Wildman–Crippen MR) is 112 cm³/mol. The van der Waals surface area contributed by atoms with Crippen LogP contribution in [0.2, 0.25) is 0 Å². The molecule has 0 atom stereocenters. The molecule has 0 aliphatic heterocycles. The lowest BCUT2D eigenvalue weighted by atomic mass is 10.1. The summed E-state index contributed by atoms with van der Waals surface area (Å²) in [5, 5.41) is 13.4. The molecule has 3 N–H and O–H groups in total. The molecule has 0 saturated carbocycles. The summed E-state index contributed by atoms with van der Waals surface area (Å²) >= 11 is 1.55. The number of thiazole rings is 1. The lowest BCUT2D eigenvalue weighted by molar-refractivity contribution is -0.119. The fourth-order valence-electron chi connectivity index (χ4n) is 2.88. The molecule has 4 rings (SSSR count). The molecule has 30 heavy (non-hydrogen) atoms. The molecule has 11 heteroatoms. The maximum atomic E-state index is 11.5. The Kier molecular flexibility index (Phi) is 5.57. The molecule has 2 heterocycles. The van der Waals surface area contributed by atoms with Crippen LogP contribution in [0.1, 0.15) is 23.2 Å². The Morgan fingerprint density at radius 3 is 2.60 bits per heavy atom. The zero-order valence-corrected chi connectivity index (χ0v) is 17.2. The molecule has 0 spiro atoms. The standard InChI is InChI=1S/C19H17N5O4S2/c20-30(26,27)24-16(25)8-9-17-22-23-18(28-17)11-19-21-14-7-6-13(10-15(14)29-19)12-4-2-1-3-5-12/h1-7,10H,8-9,11H2,(H,24,25)(H2,20,26,27). The number of nitrogens with zero attached hydrogens (tertiary/aromatic N) is 3. The van der Waals surface area contributed by atoms with Crippen molar-refractivity contribution in [3.63, 3.8) is 0 Å². The first-order valence-corrected chi connectivity index (χ1v) is 11.3. The molecule has 4 aromatic rings. The van der Waals surface area contributed by atoms with E-state index in [2.05, 4.69) is 33.4 Å². The zero-order chi connectivity index (χ0) is 21.1. The topological polar surface area (TPSA) is 141 Å². The highest BCUT2D eigenvalue weighted by Crippen LogP contribution is 2.29. The molecule has 0 aliphatic rings. The van der Waals surface area contributed by atoms with Gasteiger partial charge in [0.15, 0.2) is 0 Å². The summed E-state index contributed by atoms with van der Waals surface area (Å²) in [6.07, 6.45) is 0.340. The van der Waals surface area contributed by atoms with Gasteiger partial charge in [0, 0.05) is 12.8 Å². The fraction of sp³-hybridized carbons (Fsp3) is 0.158. The summed E-state index contributed by atoms with van der Waals surface area (Å²) in [4.78, 5) is 16.1. The Labute approximate surface area is 176 Å². The minimum Gasteiger partial charge on any atom is -0.425 e. The van der Waals surface area contributed by atoms with Crippen LogP contribution in [0, 0.1) is 0 Å². The van der Waals surface area contributed by atoms with E-state index in [4.69, 9.17) is 9.56 Å². The van der Waals surface area contributed by atoms with E-state index in [9.17, 15) is 13.2 Å². The van der Waals surface area contributed by atoms with Gasteiger partial charge >= 0.3 is 0 Å². The largest absolute Gasteiger partial charge is 0.425 e. The summed E-state index contributed by atoms with van der Waals surface area (Å²) in [5.41, 5.74) is 3.16. The molecule has 2 aromatic carbocycles. The highest BCUT2D eigenvalue weighted by atomic mass is 32.2. The van der Waals surface area contributed by atoms with E-state index in [1.54, 1.807) is 16.1 Å². The average Bonchev–Trinajstić information content (AvgIpc) is 3.31. The first-order valence-electron chi connectivity index (χ1n) is 8.95. The third-order valence-electron chi connectivity index (χ3n) is 4.17.